The van der Waals surface area contributed by atoms with E-state index >= 15 is 0 Å². The number of amides is 2. The van der Waals surface area contributed by atoms with Gasteiger partial charge in [-0.25, -0.2) is 19.9 Å². The second-order valence-corrected chi connectivity index (χ2v) is 10.2. The zero-order chi connectivity index (χ0) is 29.5. The summed E-state index contributed by atoms with van der Waals surface area (Å²) in [6.07, 6.45) is -1.36. The molecule has 16 heteroatoms. The number of carbonyl (C=O) groups excluding carboxylic acids is 2. The second-order valence-electron chi connectivity index (χ2n) is 8.69. The lowest BCUT2D eigenvalue weighted by molar-refractivity contribution is -0.141. The number of thiazole rings is 1. The number of anilines is 1. The maximum atomic E-state index is 13.3. The molecule has 0 atom stereocenters. The molecule has 41 heavy (non-hydrogen) atoms. The highest BCUT2D eigenvalue weighted by Gasteiger charge is 2.36. The Morgan fingerprint density at radius 3 is 2.49 bits per heavy atom. The molecule has 2 amide bonds. The highest BCUT2D eigenvalue weighted by molar-refractivity contribution is 7.16. The lowest BCUT2D eigenvalue weighted by Crippen LogP contribution is -2.27. The fourth-order valence-corrected chi connectivity index (χ4v) is 5.24. The predicted molar refractivity (Wildman–Crippen MR) is 141 cm³/mol. The van der Waals surface area contributed by atoms with Crippen molar-refractivity contribution in [1.82, 2.24) is 29.8 Å². The Morgan fingerprint density at radius 2 is 1.80 bits per heavy atom. The first-order valence-corrected chi connectivity index (χ1v) is 12.9. The highest BCUT2D eigenvalue weighted by atomic mass is 35.5. The normalized spacial score (nSPS) is 12.7. The summed E-state index contributed by atoms with van der Waals surface area (Å²) in [5, 5.41) is 3.29. The van der Waals surface area contributed by atoms with Crippen molar-refractivity contribution in [3.8, 4) is 22.8 Å². The lowest BCUT2D eigenvalue weighted by atomic mass is 10.0. The van der Waals surface area contributed by atoms with Crippen LogP contribution in [0.25, 0.3) is 11.1 Å². The van der Waals surface area contributed by atoms with Crippen LogP contribution >= 0.6 is 22.9 Å². The number of hydrogen-bond donors (Lipinski definition) is 1. The topological polar surface area (TPSA) is 132 Å². The van der Waals surface area contributed by atoms with Crippen LogP contribution in [0.3, 0.4) is 0 Å². The van der Waals surface area contributed by atoms with Crippen LogP contribution in [0.4, 0.5) is 18.3 Å². The quantitative estimate of drug-likeness (QED) is 0.308. The van der Waals surface area contributed by atoms with Crippen molar-refractivity contribution in [2.24, 2.45) is 0 Å². The van der Waals surface area contributed by atoms with Gasteiger partial charge in [-0.05, 0) is 19.1 Å². The number of rotatable bonds is 6. The molecule has 4 aromatic heterocycles. The van der Waals surface area contributed by atoms with E-state index in [1.807, 2.05) is 0 Å². The number of methoxy groups -OCH3 is 2. The van der Waals surface area contributed by atoms with Crippen LogP contribution in [0.15, 0.2) is 30.7 Å². The Morgan fingerprint density at radius 1 is 1.02 bits per heavy atom. The van der Waals surface area contributed by atoms with Gasteiger partial charge in [-0.2, -0.15) is 13.2 Å². The van der Waals surface area contributed by atoms with Crippen LogP contribution < -0.4 is 14.8 Å². The average molecular weight is 606 g/mol. The standard InChI is InChI=1S/C25H19ClF3N7O4S/c1-11-4-12(13-5-19(26)31-7-16(13)39-2)14(6-30-11)21(37)35-24-33-15-9-36(10-17(15)41-24)23(38)20-22(40-3)34-18(8-32-20)25(27,28)29/h4-8H,9-10H2,1-3H3,(H,33,35,37). The fourth-order valence-electron chi connectivity index (χ4n) is 4.10. The molecule has 0 radical (unpaired) electrons. The number of aromatic nitrogens is 5. The first kappa shape index (κ1) is 28.2. The van der Waals surface area contributed by atoms with E-state index in [1.54, 1.807) is 19.1 Å². The first-order chi connectivity index (χ1) is 19.5. The Labute approximate surface area is 239 Å². The number of hydrogen-bond acceptors (Lipinski definition) is 10. The molecule has 0 spiro atoms. The van der Waals surface area contributed by atoms with Crippen molar-refractivity contribution in [2.45, 2.75) is 26.2 Å². The van der Waals surface area contributed by atoms with Crippen LogP contribution in [0.2, 0.25) is 5.15 Å². The van der Waals surface area contributed by atoms with E-state index in [0.717, 1.165) is 18.4 Å². The van der Waals surface area contributed by atoms with Crippen molar-refractivity contribution in [2.75, 3.05) is 19.5 Å². The summed E-state index contributed by atoms with van der Waals surface area (Å²) in [5.74, 6) is -1.26. The first-order valence-electron chi connectivity index (χ1n) is 11.7. The monoisotopic (exact) mass is 605 g/mol. The molecule has 0 aromatic carbocycles. The molecule has 11 nitrogen and oxygen atoms in total. The largest absolute Gasteiger partial charge is 0.494 e. The molecule has 0 aliphatic carbocycles. The van der Waals surface area contributed by atoms with E-state index < -0.39 is 29.6 Å². The molecule has 212 valence electrons. The molecular weight excluding hydrogens is 587 g/mol. The molecule has 0 fully saturated rings. The Bertz CT molecular complexity index is 1660. The van der Waals surface area contributed by atoms with Crippen LogP contribution in [0.5, 0.6) is 11.6 Å². The van der Waals surface area contributed by atoms with Gasteiger partial charge >= 0.3 is 6.18 Å². The van der Waals surface area contributed by atoms with Gasteiger partial charge in [0.15, 0.2) is 16.5 Å². The summed E-state index contributed by atoms with van der Waals surface area (Å²) in [7, 11) is 2.58. The van der Waals surface area contributed by atoms with Crippen molar-refractivity contribution < 1.29 is 32.2 Å². The minimum absolute atomic E-state index is 0.0520. The summed E-state index contributed by atoms with van der Waals surface area (Å²) in [6.45, 7) is 1.94. The van der Waals surface area contributed by atoms with Crippen LogP contribution in [-0.2, 0) is 19.3 Å². The molecule has 0 bridgehead atoms. The van der Waals surface area contributed by atoms with Gasteiger partial charge in [0.05, 0.1) is 55.8 Å². The van der Waals surface area contributed by atoms with Crippen molar-refractivity contribution in [3.63, 3.8) is 0 Å². The highest BCUT2D eigenvalue weighted by Crippen LogP contribution is 2.36. The van der Waals surface area contributed by atoms with Gasteiger partial charge in [0, 0.05) is 23.0 Å². The van der Waals surface area contributed by atoms with Crippen molar-refractivity contribution >= 4 is 39.9 Å². The third-order valence-electron chi connectivity index (χ3n) is 6.02. The van der Waals surface area contributed by atoms with E-state index in [-0.39, 0.29) is 29.5 Å². The number of fused-ring (bicyclic) bond motifs is 1. The summed E-state index contributed by atoms with van der Waals surface area (Å²) < 4.78 is 49.2. The number of carbonyl (C=O) groups is 2. The molecule has 0 unspecified atom stereocenters. The summed E-state index contributed by atoms with van der Waals surface area (Å²) in [5.41, 5.74) is 0.906. The van der Waals surface area contributed by atoms with Crippen molar-refractivity contribution in [1.29, 1.82) is 0 Å². The maximum Gasteiger partial charge on any atom is 0.435 e. The predicted octanol–water partition coefficient (Wildman–Crippen LogP) is 4.80. The molecule has 1 aliphatic rings. The molecule has 1 aliphatic heterocycles. The van der Waals surface area contributed by atoms with E-state index in [9.17, 15) is 22.8 Å². The number of nitrogens with one attached hydrogen (secondary N) is 1. The van der Waals surface area contributed by atoms with Gasteiger partial charge in [0.25, 0.3) is 11.8 Å². The Balaban J connectivity index is 1.34. The molecule has 5 rings (SSSR count). The number of aryl methyl sites for hydroxylation is 1. The van der Waals surface area contributed by atoms with E-state index in [2.05, 4.69) is 30.2 Å². The van der Waals surface area contributed by atoms with E-state index in [4.69, 9.17) is 21.1 Å². The number of halogens is 4. The molecule has 0 saturated carbocycles. The number of ether oxygens (including phenoxy) is 2. The third kappa shape index (κ3) is 5.63. The number of pyridine rings is 2. The van der Waals surface area contributed by atoms with Crippen molar-refractivity contribution in [3.05, 3.63) is 69.1 Å². The van der Waals surface area contributed by atoms with Gasteiger partial charge in [0.2, 0.25) is 5.88 Å². The molecule has 0 saturated heterocycles. The van der Waals surface area contributed by atoms with Crippen LogP contribution in [0, 0.1) is 6.92 Å². The number of alkyl halides is 3. The Kier molecular flexibility index (Phi) is 7.48. The second kappa shape index (κ2) is 10.9. The fraction of sp³-hybridized carbons (Fsp3) is 0.240. The van der Waals surface area contributed by atoms with E-state index in [0.29, 0.717) is 44.5 Å². The minimum atomic E-state index is -4.74. The third-order valence-corrected chi connectivity index (χ3v) is 7.22. The maximum absolute atomic E-state index is 13.3. The molecule has 1 N–H and O–H groups in total. The zero-order valence-corrected chi connectivity index (χ0v) is 23.1. The Hall–Kier alpha value is -4.37. The molecular formula is C25H19ClF3N7O4S. The van der Waals surface area contributed by atoms with E-state index in [1.165, 1.54) is 24.4 Å². The van der Waals surface area contributed by atoms with Gasteiger partial charge in [-0.15, -0.1) is 0 Å². The van der Waals surface area contributed by atoms with Gasteiger partial charge in [-0.1, -0.05) is 22.9 Å². The molecule has 4 aromatic rings. The summed E-state index contributed by atoms with van der Waals surface area (Å²) >= 11 is 7.27. The average Bonchev–Trinajstić information content (AvgIpc) is 3.50. The SMILES string of the molecule is COc1cnc(Cl)cc1-c1cc(C)ncc1C(=O)Nc1nc2c(s1)CN(C(=O)c1ncc(C(F)(F)F)nc1OC)C2. The minimum Gasteiger partial charge on any atom is -0.494 e. The molecule has 5 heterocycles. The zero-order valence-electron chi connectivity index (χ0n) is 21.5. The van der Waals surface area contributed by atoms with Gasteiger partial charge < -0.3 is 14.4 Å². The summed E-state index contributed by atoms with van der Waals surface area (Å²) in [4.78, 5) is 48.1. The van der Waals surface area contributed by atoms with Gasteiger partial charge in [0.1, 0.15) is 10.9 Å². The number of nitrogens with zero attached hydrogens (tertiary/aromatic N) is 6. The smallest absolute Gasteiger partial charge is 0.435 e. The lowest BCUT2D eigenvalue weighted by Gasteiger charge is -2.17. The summed E-state index contributed by atoms with van der Waals surface area (Å²) in [6, 6.07) is 3.32. The van der Waals surface area contributed by atoms with Gasteiger partial charge in [-0.3, -0.25) is 19.9 Å². The van der Waals surface area contributed by atoms with Crippen LogP contribution in [-0.4, -0.2) is 55.9 Å². The van der Waals surface area contributed by atoms with Crippen LogP contribution in [0.1, 0.15) is 42.8 Å².